The molecule has 1 aliphatic heterocycles. The maximum Gasteiger partial charge on any atom is 0.290 e. The number of aryl methyl sites for hydroxylation is 1. The number of hydrogen-bond acceptors (Lipinski definition) is 5. The summed E-state index contributed by atoms with van der Waals surface area (Å²) in [6, 6.07) is 5.56. The van der Waals surface area contributed by atoms with E-state index in [0.29, 0.717) is 12.2 Å². The van der Waals surface area contributed by atoms with Gasteiger partial charge < -0.3 is 14.7 Å². The summed E-state index contributed by atoms with van der Waals surface area (Å²) >= 11 is 0. The Labute approximate surface area is 123 Å². The van der Waals surface area contributed by atoms with Crippen molar-refractivity contribution in [2.24, 2.45) is 0 Å². The van der Waals surface area contributed by atoms with Crippen molar-refractivity contribution in [1.82, 2.24) is 15.5 Å². The Morgan fingerprint density at radius 1 is 1.38 bits per heavy atom. The Hall–Kier alpha value is -2.37. The third-order valence-electron chi connectivity index (χ3n) is 3.54. The zero-order chi connectivity index (χ0) is 14.7. The number of pyridine rings is 1. The van der Waals surface area contributed by atoms with Crippen molar-refractivity contribution in [2.45, 2.75) is 26.3 Å². The van der Waals surface area contributed by atoms with Crippen molar-refractivity contribution in [3.63, 3.8) is 0 Å². The molecule has 1 fully saturated rings. The number of anilines is 1. The van der Waals surface area contributed by atoms with Crippen LogP contribution in [0.15, 0.2) is 28.9 Å². The Kier molecular flexibility index (Phi) is 3.85. The molecule has 0 radical (unpaired) electrons. The van der Waals surface area contributed by atoms with Crippen LogP contribution >= 0.6 is 0 Å². The molecule has 1 aliphatic rings. The van der Waals surface area contributed by atoms with Gasteiger partial charge in [-0.3, -0.25) is 4.79 Å². The minimum atomic E-state index is -0.255. The zero-order valence-electron chi connectivity index (χ0n) is 12.0. The fraction of sp³-hybridized carbons (Fsp3) is 0.400. The largest absolute Gasteiger partial charge is 0.357 e. The number of nitrogens with one attached hydrogen (secondary N) is 1. The Morgan fingerprint density at radius 3 is 2.90 bits per heavy atom. The van der Waals surface area contributed by atoms with Crippen LogP contribution in [0.25, 0.3) is 0 Å². The maximum absolute atomic E-state index is 11.9. The summed E-state index contributed by atoms with van der Waals surface area (Å²) < 4.78 is 4.94. The average molecular weight is 286 g/mol. The highest BCUT2D eigenvalue weighted by molar-refractivity contribution is 5.91. The van der Waals surface area contributed by atoms with Gasteiger partial charge in [-0.25, -0.2) is 4.98 Å². The second-order valence-corrected chi connectivity index (χ2v) is 5.23. The predicted molar refractivity (Wildman–Crippen MR) is 78.1 cm³/mol. The molecule has 1 saturated heterocycles. The number of carbonyl (C=O) groups is 1. The molecule has 3 rings (SSSR count). The van der Waals surface area contributed by atoms with E-state index in [9.17, 15) is 4.79 Å². The summed E-state index contributed by atoms with van der Waals surface area (Å²) in [5.74, 6) is 0.964. The molecule has 2 aromatic heterocycles. The first-order valence-corrected chi connectivity index (χ1v) is 7.14. The summed E-state index contributed by atoms with van der Waals surface area (Å²) in [4.78, 5) is 18.6. The molecular weight excluding hydrogens is 268 g/mol. The summed E-state index contributed by atoms with van der Waals surface area (Å²) in [6.07, 6.45) is 4.22. The van der Waals surface area contributed by atoms with Crippen molar-refractivity contribution in [3.8, 4) is 0 Å². The summed E-state index contributed by atoms with van der Waals surface area (Å²) in [5.41, 5.74) is 1.72. The fourth-order valence-electron chi connectivity index (χ4n) is 2.43. The SMILES string of the molecule is Cc1cc(C(=O)NCc2ccnc(N3CCCC3)c2)on1. The molecule has 0 saturated carbocycles. The van der Waals surface area contributed by atoms with E-state index in [-0.39, 0.29) is 11.7 Å². The molecule has 0 atom stereocenters. The van der Waals surface area contributed by atoms with Crippen LogP contribution in [0.2, 0.25) is 0 Å². The molecule has 0 spiro atoms. The topological polar surface area (TPSA) is 71.3 Å². The van der Waals surface area contributed by atoms with E-state index in [1.54, 1.807) is 19.2 Å². The highest BCUT2D eigenvalue weighted by atomic mass is 16.5. The number of nitrogens with zero attached hydrogens (tertiary/aromatic N) is 3. The molecule has 1 N–H and O–H groups in total. The molecule has 6 heteroatoms. The van der Waals surface area contributed by atoms with Gasteiger partial charge >= 0.3 is 0 Å². The fourth-order valence-corrected chi connectivity index (χ4v) is 2.43. The van der Waals surface area contributed by atoms with E-state index in [0.717, 1.165) is 24.5 Å². The minimum Gasteiger partial charge on any atom is -0.357 e. The Morgan fingerprint density at radius 2 is 2.19 bits per heavy atom. The van der Waals surface area contributed by atoms with E-state index >= 15 is 0 Å². The minimum absolute atomic E-state index is 0.237. The predicted octanol–water partition coefficient (Wildman–Crippen LogP) is 1.91. The molecule has 110 valence electrons. The van der Waals surface area contributed by atoms with Crippen LogP contribution in [0.3, 0.4) is 0 Å². The highest BCUT2D eigenvalue weighted by Gasteiger charge is 2.14. The van der Waals surface area contributed by atoms with Gasteiger partial charge in [-0.2, -0.15) is 0 Å². The third kappa shape index (κ3) is 3.21. The van der Waals surface area contributed by atoms with Gasteiger partial charge in [0.05, 0.1) is 5.69 Å². The lowest BCUT2D eigenvalue weighted by atomic mass is 10.2. The van der Waals surface area contributed by atoms with E-state index in [2.05, 4.69) is 20.4 Å². The summed E-state index contributed by atoms with van der Waals surface area (Å²) in [5, 5.41) is 6.53. The van der Waals surface area contributed by atoms with E-state index < -0.39 is 0 Å². The number of rotatable bonds is 4. The lowest BCUT2D eigenvalue weighted by Crippen LogP contribution is -2.23. The molecule has 2 aromatic rings. The lowest BCUT2D eigenvalue weighted by Gasteiger charge is -2.16. The Balaban J connectivity index is 1.62. The van der Waals surface area contributed by atoms with E-state index in [4.69, 9.17) is 4.52 Å². The van der Waals surface area contributed by atoms with Crippen molar-refractivity contribution >= 4 is 11.7 Å². The van der Waals surface area contributed by atoms with Gasteiger partial charge in [-0.1, -0.05) is 5.16 Å². The molecule has 1 amide bonds. The molecule has 0 unspecified atom stereocenters. The second kappa shape index (κ2) is 5.95. The van der Waals surface area contributed by atoms with Gasteiger partial charge in [-0.15, -0.1) is 0 Å². The first kappa shape index (κ1) is 13.6. The Bertz CT molecular complexity index is 632. The zero-order valence-corrected chi connectivity index (χ0v) is 12.0. The van der Waals surface area contributed by atoms with E-state index in [1.807, 2.05) is 12.1 Å². The number of aromatic nitrogens is 2. The molecule has 0 bridgehead atoms. The van der Waals surface area contributed by atoms with Crippen LogP contribution in [-0.2, 0) is 6.54 Å². The van der Waals surface area contributed by atoms with Crippen LogP contribution in [-0.4, -0.2) is 29.1 Å². The first-order valence-electron chi connectivity index (χ1n) is 7.14. The van der Waals surface area contributed by atoms with Crippen molar-refractivity contribution in [3.05, 3.63) is 41.4 Å². The molecule has 6 nitrogen and oxygen atoms in total. The quantitative estimate of drug-likeness (QED) is 0.929. The van der Waals surface area contributed by atoms with Crippen LogP contribution in [0.1, 0.15) is 34.7 Å². The van der Waals surface area contributed by atoms with Gasteiger partial charge in [0, 0.05) is 31.9 Å². The third-order valence-corrected chi connectivity index (χ3v) is 3.54. The molecule has 3 heterocycles. The normalized spacial score (nSPS) is 14.4. The molecule has 21 heavy (non-hydrogen) atoms. The summed E-state index contributed by atoms with van der Waals surface area (Å²) in [7, 11) is 0. The van der Waals surface area contributed by atoms with Crippen LogP contribution in [0.5, 0.6) is 0 Å². The first-order chi connectivity index (χ1) is 10.2. The highest BCUT2D eigenvalue weighted by Crippen LogP contribution is 2.18. The van der Waals surface area contributed by atoms with Crippen molar-refractivity contribution in [1.29, 1.82) is 0 Å². The van der Waals surface area contributed by atoms with Crippen LogP contribution in [0.4, 0.5) is 5.82 Å². The summed E-state index contributed by atoms with van der Waals surface area (Å²) in [6.45, 7) is 4.34. The van der Waals surface area contributed by atoms with Crippen LogP contribution < -0.4 is 10.2 Å². The number of hydrogen-bond donors (Lipinski definition) is 1. The smallest absolute Gasteiger partial charge is 0.290 e. The van der Waals surface area contributed by atoms with Gasteiger partial charge in [0.15, 0.2) is 0 Å². The number of carbonyl (C=O) groups excluding carboxylic acids is 1. The molecular formula is C15H18N4O2. The van der Waals surface area contributed by atoms with Crippen LogP contribution in [0, 0.1) is 6.92 Å². The van der Waals surface area contributed by atoms with Gasteiger partial charge in [0.2, 0.25) is 5.76 Å². The average Bonchev–Trinajstić information content (AvgIpc) is 3.16. The monoisotopic (exact) mass is 286 g/mol. The lowest BCUT2D eigenvalue weighted by molar-refractivity contribution is 0.0914. The second-order valence-electron chi connectivity index (χ2n) is 5.23. The van der Waals surface area contributed by atoms with Gasteiger partial charge in [0.1, 0.15) is 5.82 Å². The number of amides is 1. The standard InChI is InChI=1S/C15H18N4O2/c1-11-8-13(21-18-11)15(20)17-10-12-4-5-16-14(9-12)19-6-2-3-7-19/h4-5,8-9H,2-3,6-7,10H2,1H3,(H,17,20). The van der Waals surface area contributed by atoms with Gasteiger partial charge in [-0.05, 0) is 37.5 Å². The molecule has 0 aliphatic carbocycles. The van der Waals surface area contributed by atoms with Crippen molar-refractivity contribution in [2.75, 3.05) is 18.0 Å². The van der Waals surface area contributed by atoms with Crippen molar-refractivity contribution < 1.29 is 9.32 Å². The molecule has 0 aromatic carbocycles. The van der Waals surface area contributed by atoms with E-state index in [1.165, 1.54) is 12.8 Å². The van der Waals surface area contributed by atoms with Gasteiger partial charge in [0.25, 0.3) is 5.91 Å². The maximum atomic E-state index is 11.9.